The molecule has 0 aliphatic carbocycles. The summed E-state index contributed by atoms with van der Waals surface area (Å²) in [5.41, 5.74) is -13.9. The summed E-state index contributed by atoms with van der Waals surface area (Å²) in [5.74, 6) is -0.788. The Bertz CT molecular complexity index is 721. The molecule has 0 unspecified atom stereocenters. The Balaban J connectivity index is 5.90. The highest BCUT2D eigenvalue weighted by atomic mass is 32.3. The van der Waals surface area contributed by atoms with Crippen molar-refractivity contribution >= 4 is 25.6 Å². The third-order valence-corrected chi connectivity index (χ3v) is 7.85. The molecule has 0 saturated heterocycles. The van der Waals surface area contributed by atoms with E-state index in [-0.39, 0.29) is 5.57 Å². The summed E-state index contributed by atoms with van der Waals surface area (Å²) in [6.07, 6.45) is -2.34. The van der Waals surface area contributed by atoms with Crippen molar-refractivity contribution in [3.05, 3.63) is 12.2 Å². The molecule has 6 nitrogen and oxygen atoms in total. The molecule has 0 rings (SSSR count). The number of carbonyl (C=O) groups is 1. The van der Waals surface area contributed by atoms with Gasteiger partial charge >= 0.3 is 11.0 Å². The largest absolute Gasteiger partial charge is 0.498 e. The molecule has 0 fully saturated rings. The lowest BCUT2D eigenvalue weighted by Crippen LogP contribution is -2.48. The van der Waals surface area contributed by atoms with Crippen molar-refractivity contribution in [2.45, 2.75) is 54.8 Å². The standard InChI is InChI=1S/C12H17F6NO5S2/c1-7(2)9(20)19-10(3,4)6-5-8(25(21,22)11(13,14)15)26(23,24)12(16,17)18/h8H,1,5-6H2,2-4H3,(H,19,20). The van der Waals surface area contributed by atoms with E-state index >= 15 is 0 Å². The summed E-state index contributed by atoms with van der Waals surface area (Å²) in [6, 6.07) is 0. The van der Waals surface area contributed by atoms with E-state index in [0.717, 1.165) is 0 Å². The maximum atomic E-state index is 12.6. The molecule has 0 heterocycles. The zero-order valence-corrected chi connectivity index (χ0v) is 15.5. The quantitative estimate of drug-likeness (QED) is 0.491. The Morgan fingerprint density at radius 2 is 1.31 bits per heavy atom. The van der Waals surface area contributed by atoms with Gasteiger partial charge in [0.05, 0.1) is 0 Å². The van der Waals surface area contributed by atoms with Gasteiger partial charge in [-0.05, 0) is 33.6 Å². The van der Waals surface area contributed by atoms with Crippen molar-refractivity contribution < 1.29 is 48.0 Å². The molecule has 0 spiro atoms. The fourth-order valence-corrected chi connectivity index (χ4v) is 5.17. The predicted molar refractivity (Wildman–Crippen MR) is 80.0 cm³/mol. The van der Waals surface area contributed by atoms with Crippen LogP contribution in [0.4, 0.5) is 26.3 Å². The molecule has 1 amide bonds. The predicted octanol–water partition coefficient (Wildman–Crippen LogP) is 2.43. The molecule has 0 aromatic carbocycles. The lowest BCUT2D eigenvalue weighted by molar-refractivity contribution is -0.119. The molecule has 14 heteroatoms. The number of halogens is 6. The Hall–Kier alpha value is -1.31. The number of rotatable bonds is 7. The van der Waals surface area contributed by atoms with Gasteiger partial charge in [-0.1, -0.05) is 6.58 Å². The molecule has 0 aliphatic rings. The van der Waals surface area contributed by atoms with E-state index < -0.39 is 59.6 Å². The van der Waals surface area contributed by atoms with Gasteiger partial charge in [0.2, 0.25) is 5.91 Å². The minimum absolute atomic E-state index is 0.0274. The van der Waals surface area contributed by atoms with Crippen LogP contribution >= 0.6 is 0 Å². The molecule has 0 atom stereocenters. The number of hydrogen-bond acceptors (Lipinski definition) is 5. The summed E-state index contributed by atoms with van der Waals surface area (Å²) in [5, 5.41) is 2.20. The summed E-state index contributed by atoms with van der Waals surface area (Å²) >= 11 is 0. The van der Waals surface area contributed by atoms with E-state index in [1.807, 2.05) is 0 Å². The number of alkyl halides is 6. The monoisotopic (exact) mass is 433 g/mol. The van der Waals surface area contributed by atoms with Crippen molar-refractivity contribution in [2.75, 3.05) is 0 Å². The van der Waals surface area contributed by atoms with Crippen LogP contribution in [0.2, 0.25) is 0 Å². The fourth-order valence-electron chi connectivity index (χ4n) is 1.73. The first kappa shape index (κ1) is 24.7. The van der Waals surface area contributed by atoms with Crippen LogP contribution in [0.5, 0.6) is 0 Å². The first-order chi connectivity index (χ1) is 11.2. The van der Waals surface area contributed by atoms with Gasteiger partial charge in [0, 0.05) is 11.1 Å². The van der Waals surface area contributed by atoms with E-state index in [1.165, 1.54) is 20.8 Å². The van der Waals surface area contributed by atoms with Crippen LogP contribution < -0.4 is 5.32 Å². The number of hydrogen-bond donors (Lipinski definition) is 1. The lowest BCUT2D eigenvalue weighted by atomic mass is 9.98. The van der Waals surface area contributed by atoms with Gasteiger partial charge in [-0.3, -0.25) is 4.79 Å². The molecular formula is C12H17F6NO5S2. The Labute approximate surface area is 146 Å². The summed E-state index contributed by atoms with van der Waals surface area (Å²) in [7, 11) is -13.4. The summed E-state index contributed by atoms with van der Waals surface area (Å²) in [6.45, 7) is 6.89. The van der Waals surface area contributed by atoms with Crippen LogP contribution in [-0.4, -0.2) is 43.9 Å². The van der Waals surface area contributed by atoms with Gasteiger partial charge in [-0.15, -0.1) is 0 Å². The minimum atomic E-state index is -6.68. The van der Waals surface area contributed by atoms with Crippen molar-refractivity contribution in [2.24, 2.45) is 0 Å². The van der Waals surface area contributed by atoms with E-state index in [2.05, 4.69) is 11.9 Å². The second kappa shape index (κ2) is 7.37. The second-order valence-corrected chi connectivity index (χ2v) is 10.6. The first-order valence-corrected chi connectivity index (χ1v) is 9.84. The van der Waals surface area contributed by atoms with Crippen LogP contribution in [0.3, 0.4) is 0 Å². The van der Waals surface area contributed by atoms with Crippen LogP contribution in [0.15, 0.2) is 12.2 Å². The molecule has 0 aromatic rings. The average Bonchev–Trinajstić information content (AvgIpc) is 2.34. The molecule has 154 valence electrons. The third-order valence-electron chi connectivity index (χ3n) is 3.18. The number of nitrogens with one attached hydrogen (secondary N) is 1. The van der Waals surface area contributed by atoms with E-state index in [1.54, 1.807) is 0 Å². The molecule has 26 heavy (non-hydrogen) atoms. The summed E-state index contributed by atoms with van der Waals surface area (Å²) in [4.78, 5) is 11.5. The van der Waals surface area contributed by atoms with E-state index in [0.29, 0.717) is 0 Å². The number of sulfone groups is 2. The second-order valence-electron chi connectivity index (χ2n) is 6.07. The Morgan fingerprint density at radius 3 is 1.58 bits per heavy atom. The highest BCUT2D eigenvalue weighted by Crippen LogP contribution is 2.38. The van der Waals surface area contributed by atoms with E-state index in [4.69, 9.17) is 0 Å². The maximum absolute atomic E-state index is 12.6. The van der Waals surface area contributed by atoms with Crippen molar-refractivity contribution in [1.29, 1.82) is 0 Å². The van der Waals surface area contributed by atoms with Crippen molar-refractivity contribution in [3.8, 4) is 0 Å². The molecule has 0 aromatic heterocycles. The molecule has 0 aliphatic heterocycles. The van der Waals surface area contributed by atoms with Crippen molar-refractivity contribution in [1.82, 2.24) is 5.32 Å². The molecular weight excluding hydrogens is 416 g/mol. The summed E-state index contributed by atoms with van der Waals surface area (Å²) < 4.78 is 118. The van der Waals surface area contributed by atoms with Crippen LogP contribution in [0.1, 0.15) is 33.6 Å². The van der Waals surface area contributed by atoms with Gasteiger partial charge in [0.25, 0.3) is 19.7 Å². The van der Waals surface area contributed by atoms with Gasteiger partial charge in [-0.2, -0.15) is 26.3 Å². The van der Waals surface area contributed by atoms with Crippen LogP contribution in [0.25, 0.3) is 0 Å². The maximum Gasteiger partial charge on any atom is 0.498 e. The van der Waals surface area contributed by atoms with E-state index in [9.17, 15) is 48.0 Å². The van der Waals surface area contributed by atoms with Gasteiger partial charge in [0.1, 0.15) is 0 Å². The van der Waals surface area contributed by atoms with Crippen LogP contribution in [-0.2, 0) is 24.5 Å². The SMILES string of the molecule is C=C(C)C(=O)NC(C)(C)CCC(S(=O)(=O)C(F)(F)F)S(=O)(=O)C(F)(F)F. The highest BCUT2D eigenvalue weighted by molar-refractivity contribution is 8.09. The lowest BCUT2D eigenvalue weighted by Gasteiger charge is -2.29. The minimum Gasteiger partial charge on any atom is -0.347 e. The van der Waals surface area contributed by atoms with Crippen molar-refractivity contribution in [3.63, 3.8) is 0 Å². The zero-order valence-electron chi connectivity index (χ0n) is 13.8. The smallest absolute Gasteiger partial charge is 0.347 e. The van der Waals surface area contributed by atoms with Gasteiger partial charge < -0.3 is 5.32 Å². The van der Waals surface area contributed by atoms with Gasteiger partial charge in [-0.25, -0.2) is 16.8 Å². The Morgan fingerprint density at radius 1 is 0.962 bits per heavy atom. The molecule has 0 saturated carbocycles. The zero-order chi connectivity index (χ0) is 21.4. The average molecular weight is 433 g/mol. The third kappa shape index (κ3) is 5.59. The number of carbonyl (C=O) groups excluding carboxylic acids is 1. The number of amides is 1. The molecule has 0 radical (unpaired) electrons. The highest BCUT2D eigenvalue weighted by Gasteiger charge is 2.62. The molecule has 1 N–H and O–H groups in total. The topological polar surface area (TPSA) is 97.4 Å². The Kier molecular flexibility index (Phi) is 7.00. The van der Waals surface area contributed by atoms with Crippen LogP contribution in [0, 0.1) is 0 Å². The normalized spacial score (nSPS) is 14.4. The molecule has 0 bridgehead atoms. The first-order valence-electron chi connectivity index (χ1n) is 6.75. The fraction of sp³-hybridized carbons (Fsp3) is 0.750. The van der Waals surface area contributed by atoms with Gasteiger partial charge in [0.15, 0.2) is 4.58 Å².